The average Bonchev–Trinajstić information content (AvgIpc) is 2.46. The summed E-state index contributed by atoms with van der Waals surface area (Å²) in [7, 11) is 0. The maximum atomic E-state index is 11.9. The SMILES string of the molecule is CCOC(=O)N1C=C2c3cc(Cl)ccc3NCC2CC1. The highest BCUT2D eigenvalue weighted by atomic mass is 35.5. The van der Waals surface area contributed by atoms with Crippen molar-refractivity contribution in [3.8, 4) is 0 Å². The Hall–Kier alpha value is -1.68. The van der Waals surface area contributed by atoms with E-state index in [-0.39, 0.29) is 6.09 Å². The van der Waals surface area contributed by atoms with E-state index in [1.54, 1.807) is 4.90 Å². The van der Waals surface area contributed by atoms with E-state index in [1.807, 2.05) is 31.3 Å². The number of halogens is 1. The number of carbonyl (C=O) groups excluding carboxylic acids is 1. The third kappa shape index (κ3) is 2.36. The van der Waals surface area contributed by atoms with Crippen molar-refractivity contribution in [3.63, 3.8) is 0 Å². The maximum absolute atomic E-state index is 11.9. The second kappa shape index (κ2) is 5.37. The van der Waals surface area contributed by atoms with Crippen LogP contribution in [0.3, 0.4) is 0 Å². The van der Waals surface area contributed by atoms with Crippen LogP contribution in [0, 0.1) is 5.92 Å². The first-order chi connectivity index (χ1) is 9.69. The van der Waals surface area contributed by atoms with E-state index in [4.69, 9.17) is 16.3 Å². The Bertz CT molecular complexity index is 571. The molecule has 1 aromatic rings. The molecule has 0 saturated carbocycles. The van der Waals surface area contributed by atoms with Crippen molar-refractivity contribution in [3.05, 3.63) is 35.0 Å². The first-order valence-corrected chi connectivity index (χ1v) is 7.25. The number of carbonyl (C=O) groups is 1. The third-order valence-corrected chi connectivity index (χ3v) is 4.02. The van der Waals surface area contributed by atoms with Gasteiger partial charge < -0.3 is 10.1 Å². The monoisotopic (exact) mass is 292 g/mol. The fourth-order valence-corrected chi connectivity index (χ4v) is 2.95. The van der Waals surface area contributed by atoms with Gasteiger partial charge in [0.05, 0.1) is 6.61 Å². The van der Waals surface area contributed by atoms with Crippen molar-refractivity contribution in [1.29, 1.82) is 0 Å². The number of fused-ring (bicyclic) bond motifs is 3. The van der Waals surface area contributed by atoms with Gasteiger partial charge in [-0.25, -0.2) is 4.79 Å². The van der Waals surface area contributed by atoms with Crippen LogP contribution >= 0.6 is 11.6 Å². The molecular formula is C15H17ClN2O2. The lowest BCUT2D eigenvalue weighted by Crippen LogP contribution is -2.36. The van der Waals surface area contributed by atoms with E-state index >= 15 is 0 Å². The van der Waals surface area contributed by atoms with Crippen LogP contribution < -0.4 is 5.32 Å². The van der Waals surface area contributed by atoms with Crippen molar-refractivity contribution in [2.75, 3.05) is 25.0 Å². The number of ether oxygens (including phenoxy) is 1. The zero-order chi connectivity index (χ0) is 14.1. The lowest BCUT2D eigenvalue weighted by Gasteiger charge is -2.35. The molecule has 20 heavy (non-hydrogen) atoms. The Morgan fingerprint density at radius 2 is 2.40 bits per heavy atom. The predicted octanol–water partition coefficient (Wildman–Crippen LogP) is 3.58. The highest BCUT2D eigenvalue weighted by Crippen LogP contribution is 2.39. The van der Waals surface area contributed by atoms with Crippen LogP contribution in [0.2, 0.25) is 5.02 Å². The minimum Gasteiger partial charge on any atom is -0.449 e. The van der Waals surface area contributed by atoms with Crippen LogP contribution in [-0.2, 0) is 4.74 Å². The maximum Gasteiger partial charge on any atom is 0.413 e. The Balaban J connectivity index is 1.96. The first kappa shape index (κ1) is 13.3. The summed E-state index contributed by atoms with van der Waals surface area (Å²) < 4.78 is 5.07. The number of hydrogen-bond acceptors (Lipinski definition) is 3. The molecule has 1 atom stereocenters. The van der Waals surface area contributed by atoms with Crippen LogP contribution in [0.5, 0.6) is 0 Å². The lowest BCUT2D eigenvalue weighted by atomic mass is 9.84. The predicted molar refractivity (Wildman–Crippen MR) is 79.8 cm³/mol. The van der Waals surface area contributed by atoms with E-state index in [0.717, 1.165) is 24.2 Å². The van der Waals surface area contributed by atoms with Crippen LogP contribution in [0.4, 0.5) is 10.5 Å². The molecule has 1 aromatic carbocycles. The first-order valence-electron chi connectivity index (χ1n) is 6.88. The van der Waals surface area contributed by atoms with Gasteiger partial charge in [-0.15, -0.1) is 0 Å². The van der Waals surface area contributed by atoms with E-state index in [2.05, 4.69) is 5.32 Å². The topological polar surface area (TPSA) is 41.6 Å². The molecule has 1 N–H and O–H groups in total. The number of nitrogens with one attached hydrogen (secondary N) is 1. The minimum absolute atomic E-state index is 0.277. The molecule has 2 heterocycles. The van der Waals surface area contributed by atoms with Gasteiger partial charge in [-0.1, -0.05) is 11.6 Å². The highest BCUT2D eigenvalue weighted by Gasteiger charge is 2.30. The van der Waals surface area contributed by atoms with E-state index in [0.29, 0.717) is 24.1 Å². The molecule has 0 aromatic heterocycles. The summed E-state index contributed by atoms with van der Waals surface area (Å²) >= 11 is 6.10. The van der Waals surface area contributed by atoms with Gasteiger partial charge in [0.1, 0.15) is 0 Å². The molecule has 1 amide bonds. The molecule has 2 aliphatic heterocycles. The third-order valence-electron chi connectivity index (χ3n) is 3.79. The molecular weight excluding hydrogens is 276 g/mol. The van der Waals surface area contributed by atoms with Gasteiger partial charge in [-0.2, -0.15) is 0 Å². The molecule has 2 aliphatic rings. The number of hydrogen-bond donors (Lipinski definition) is 1. The molecule has 0 saturated heterocycles. The average molecular weight is 293 g/mol. The molecule has 106 valence electrons. The smallest absolute Gasteiger partial charge is 0.413 e. The molecule has 0 aliphatic carbocycles. The Morgan fingerprint density at radius 3 is 3.20 bits per heavy atom. The molecule has 0 fully saturated rings. The van der Waals surface area contributed by atoms with Crippen molar-refractivity contribution >= 4 is 29.0 Å². The summed E-state index contributed by atoms with van der Waals surface area (Å²) in [6.45, 7) is 3.81. The fraction of sp³-hybridized carbons (Fsp3) is 0.400. The standard InChI is InChI=1S/C15H17ClN2O2/c1-2-20-15(19)18-6-5-10-8-17-14-4-3-11(16)7-12(14)13(10)9-18/h3-4,7,9-10,17H,2,5-6,8H2,1H3. The largest absolute Gasteiger partial charge is 0.449 e. The van der Waals surface area contributed by atoms with Crippen LogP contribution in [0.15, 0.2) is 24.4 Å². The summed E-state index contributed by atoms with van der Waals surface area (Å²) in [5.41, 5.74) is 3.32. The number of amides is 1. The Kier molecular flexibility index (Phi) is 3.57. The molecule has 4 nitrogen and oxygen atoms in total. The zero-order valence-electron chi connectivity index (χ0n) is 11.4. The zero-order valence-corrected chi connectivity index (χ0v) is 12.1. The number of rotatable bonds is 1. The number of anilines is 1. The van der Waals surface area contributed by atoms with Gasteiger partial charge in [0.15, 0.2) is 0 Å². The highest BCUT2D eigenvalue weighted by molar-refractivity contribution is 6.30. The summed E-state index contributed by atoms with van der Waals surface area (Å²) in [6.07, 6.45) is 2.58. The molecule has 3 rings (SSSR count). The fourth-order valence-electron chi connectivity index (χ4n) is 2.78. The van der Waals surface area contributed by atoms with Crippen LogP contribution in [0.1, 0.15) is 18.9 Å². The molecule has 0 bridgehead atoms. The molecule has 0 spiro atoms. The second-order valence-electron chi connectivity index (χ2n) is 5.03. The quantitative estimate of drug-likeness (QED) is 0.860. The summed E-state index contributed by atoms with van der Waals surface area (Å²) in [6, 6.07) is 5.81. The molecule has 0 radical (unpaired) electrons. The summed E-state index contributed by atoms with van der Waals surface area (Å²) in [5, 5.41) is 4.13. The summed E-state index contributed by atoms with van der Waals surface area (Å²) in [4.78, 5) is 13.5. The van der Waals surface area contributed by atoms with Gasteiger partial charge in [0.2, 0.25) is 0 Å². The van der Waals surface area contributed by atoms with Crippen LogP contribution in [-0.4, -0.2) is 30.7 Å². The van der Waals surface area contributed by atoms with Gasteiger partial charge in [-0.05, 0) is 37.1 Å². The minimum atomic E-state index is -0.277. The normalized spacial score (nSPS) is 20.4. The van der Waals surface area contributed by atoms with E-state index < -0.39 is 0 Å². The molecule has 5 heteroatoms. The van der Waals surface area contributed by atoms with Crippen molar-refractivity contribution in [1.82, 2.24) is 4.90 Å². The Morgan fingerprint density at radius 1 is 1.55 bits per heavy atom. The summed E-state index contributed by atoms with van der Waals surface area (Å²) in [5.74, 6) is 0.423. The number of benzene rings is 1. The van der Waals surface area contributed by atoms with Gasteiger partial charge >= 0.3 is 6.09 Å². The lowest BCUT2D eigenvalue weighted by molar-refractivity contribution is 0.119. The Labute approximate surface area is 123 Å². The van der Waals surface area contributed by atoms with E-state index in [9.17, 15) is 4.79 Å². The van der Waals surface area contributed by atoms with Crippen LogP contribution in [0.25, 0.3) is 5.57 Å². The van der Waals surface area contributed by atoms with Crippen molar-refractivity contribution in [2.45, 2.75) is 13.3 Å². The van der Waals surface area contributed by atoms with Crippen molar-refractivity contribution < 1.29 is 9.53 Å². The van der Waals surface area contributed by atoms with Gasteiger partial charge in [-0.3, -0.25) is 4.90 Å². The molecule has 1 unspecified atom stereocenters. The van der Waals surface area contributed by atoms with Gasteiger partial charge in [0.25, 0.3) is 0 Å². The number of nitrogens with zero attached hydrogens (tertiary/aromatic N) is 1. The van der Waals surface area contributed by atoms with Crippen molar-refractivity contribution in [2.24, 2.45) is 5.92 Å². The second-order valence-corrected chi connectivity index (χ2v) is 5.47. The van der Waals surface area contributed by atoms with Gasteiger partial charge in [0, 0.05) is 41.5 Å². The van der Waals surface area contributed by atoms with E-state index in [1.165, 1.54) is 5.57 Å².